The van der Waals surface area contributed by atoms with E-state index in [1.54, 1.807) is 0 Å². The van der Waals surface area contributed by atoms with Gasteiger partial charge in [-0.3, -0.25) is 19.2 Å². The smallest absolute Gasteiger partial charge is 1.00 e. The summed E-state index contributed by atoms with van der Waals surface area (Å²) in [7, 11) is 0. The summed E-state index contributed by atoms with van der Waals surface area (Å²) in [6.45, 7) is 8.17. The van der Waals surface area contributed by atoms with E-state index in [2.05, 4.69) is 37.2 Å². The van der Waals surface area contributed by atoms with Crippen LogP contribution in [0.5, 0.6) is 0 Å². The van der Waals surface area contributed by atoms with Crippen LogP contribution in [0.15, 0.2) is 0 Å². The van der Waals surface area contributed by atoms with E-state index < -0.39 is 30.6 Å². The molecule has 0 aliphatic heterocycles. The van der Waals surface area contributed by atoms with Crippen LogP contribution in [0.25, 0.3) is 0 Å². The molecule has 27 heavy (non-hydrogen) atoms. The maximum atomic E-state index is 12.0. The zero-order valence-corrected chi connectivity index (χ0v) is 21.5. The number of ketones is 4. The number of carbonyl (C=O) groups excluding carboxylic acids is 4. The largest absolute Gasteiger partial charge is 1.00 e. The average molecular weight is 740 g/mol. The van der Waals surface area contributed by atoms with Crippen LogP contribution in [0.2, 0.25) is 0 Å². The van der Waals surface area contributed by atoms with Gasteiger partial charge < -0.3 is 4.70 Å². The Morgan fingerprint density at radius 3 is 1.19 bits per heavy atom. The molecule has 0 bridgehead atoms. The predicted octanol–water partition coefficient (Wildman–Crippen LogP) is -0.620. The monoisotopic (exact) mass is 740 g/mol. The second kappa shape index (κ2) is 22.9. The van der Waals surface area contributed by atoms with E-state index in [4.69, 9.17) is 0 Å². The number of Topliss-reactive ketones (excluding diaryl/α,β-unsaturated/α-hetero) is 4. The second-order valence-electron chi connectivity index (χ2n) is 5.50. The molecule has 0 aliphatic rings. The molecule has 0 rings (SSSR count). The summed E-state index contributed by atoms with van der Waals surface area (Å²) < 4.78 is 34.8. The van der Waals surface area contributed by atoms with Gasteiger partial charge in [-0.25, -0.2) is 13.2 Å². The Kier molecular flexibility index (Phi) is 32.4. The molecular weight excluding hydrogens is 713 g/mol. The first-order chi connectivity index (χ1) is 11.3. The van der Waals surface area contributed by atoms with Gasteiger partial charge in [-0.2, -0.15) is 0 Å². The van der Waals surface area contributed by atoms with Crippen molar-refractivity contribution >= 4 is 60.4 Å². The van der Waals surface area contributed by atoms with Gasteiger partial charge in [-0.15, -0.1) is 0 Å². The van der Waals surface area contributed by atoms with E-state index in [-0.39, 0.29) is 42.0 Å². The van der Waals surface area contributed by atoms with Crippen molar-refractivity contribution in [1.82, 2.24) is 0 Å². The molecule has 0 radical (unpaired) electrons. The molecule has 0 spiro atoms. The van der Waals surface area contributed by atoms with Crippen LogP contribution in [-0.2, 0) is 19.2 Å². The SMILES string of the molecule is C.CC(C)C(=O)CC(=O)C(C)C.CC(F)C(=O)CC(=O)C(F)F.I[I-]I.[F-]. The van der Waals surface area contributed by atoms with E-state index in [1.165, 1.54) is 0 Å². The third kappa shape index (κ3) is 26.6. The molecule has 0 fully saturated rings. The van der Waals surface area contributed by atoms with Crippen molar-refractivity contribution in [1.29, 1.82) is 0 Å². The molecule has 4 nitrogen and oxygen atoms in total. The molecule has 11 heteroatoms. The summed E-state index contributed by atoms with van der Waals surface area (Å²) in [6.07, 6.45) is -5.94. The van der Waals surface area contributed by atoms with E-state index in [1.807, 2.05) is 27.7 Å². The van der Waals surface area contributed by atoms with Gasteiger partial charge in [-0.1, -0.05) is 35.1 Å². The third-order valence-electron chi connectivity index (χ3n) is 2.67. The summed E-state index contributed by atoms with van der Waals surface area (Å²) >= 11 is 5.30. The molecule has 0 N–H and O–H groups in total. The zero-order chi connectivity index (χ0) is 20.7. The van der Waals surface area contributed by atoms with Crippen LogP contribution < -0.4 is 18.0 Å². The number of hydrogen-bond donors (Lipinski definition) is 0. The molecule has 0 aromatic carbocycles. The number of alkyl halides is 3. The fourth-order valence-corrected chi connectivity index (χ4v) is 0.969. The van der Waals surface area contributed by atoms with Crippen molar-refractivity contribution in [2.24, 2.45) is 11.8 Å². The summed E-state index contributed by atoms with van der Waals surface area (Å²) in [4.78, 5) is 42.5. The van der Waals surface area contributed by atoms with E-state index >= 15 is 0 Å². The maximum Gasteiger partial charge on any atom is -1.00 e. The normalized spacial score (nSPS) is 10.6. The van der Waals surface area contributed by atoms with Crippen molar-refractivity contribution in [2.45, 2.75) is 67.5 Å². The molecule has 0 aliphatic carbocycles. The minimum absolute atomic E-state index is 0. The Hall–Kier alpha value is 0.590. The Morgan fingerprint density at radius 1 is 0.741 bits per heavy atom. The number of carbonyl (C=O) groups is 4. The fourth-order valence-electron chi connectivity index (χ4n) is 0.969. The number of rotatable bonds is 8. The first kappa shape index (κ1) is 38.2. The molecule has 0 heterocycles. The molecule has 0 aromatic heterocycles. The van der Waals surface area contributed by atoms with Gasteiger partial charge in [0, 0.05) is 11.8 Å². The molecule has 1 atom stereocenters. The summed E-state index contributed by atoms with van der Waals surface area (Å²) in [5.41, 5.74) is 0. The van der Waals surface area contributed by atoms with Crippen molar-refractivity contribution < 1.29 is 50.3 Å². The quantitative estimate of drug-likeness (QED) is 0.189. The van der Waals surface area contributed by atoms with Gasteiger partial charge in [0.15, 0.2) is 12.0 Å². The third-order valence-corrected chi connectivity index (χ3v) is 2.67. The number of hydrogen-bond acceptors (Lipinski definition) is 4. The molecule has 0 amide bonds. The second-order valence-corrected chi connectivity index (χ2v) is 21.7. The van der Waals surface area contributed by atoms with Gasteiger partial charge in [0.25, 0.3) is 6.43 Å². The van der Waals surface area contributed by atoms with E-state index in [0.29, 0.717) is 13.3 Å². The minimum atomic E-state index is -3.18. The first-order valence-electron chi connectivity index (χ1n) is 7.21. The van der Waals surface area contributed by atoms with Gasteiger partial charge >= 0.3 is 50.5 Å². The topological polar surface area (TPSA) is 68.3 Å². The summed E-state index contributed by atoms with van der Waals surface area (Å²) in [5.74, 6) is -2.57. The van der Waals surface area contributed by atoms with Gasteiger partial charge in [-0.05, 0) is 6.92 Å². The average Bonchev–Trinajstić information content (AvgIpc) is 2.47. The Labute approximate surface area is 188 Å². The molecule has 0 aromatic rings. The molecule has 0 saturated carbocycles. The van der Waals surface area contributed by atoms with Crippen molar-refractivity contribution in [3.63, 3.8) is 0 Å². The first-order valence-corrected chi connectivity index (χ1v) is 19.8. The molecule has 1 unspecified atom stereocenters. The molecule has 166 valence electrons. The maximum absolute atomic E-state index is 12.0. The summed E-state index contributed by atoms with van der Waals surface area (Å²) in [5, 5.41) is 0. The van der Waals surface area contributed by atoms with E-state index in [0.717, 1.165) is 6.92 Å². The fraction of sp³-hybridized carbons (Fsp3) is 0.750. The standard InChI is InChI=1S/C9H16O2.C6H7F3O2.CH4.FH.I3/c1-6(2)8(10)5-9(11)7(3)4;1-3(7)4(10)2-5(11)6(8)9;;;1-3-2/h6-7H,5H2,1-4H3;3,6H,2H2,1H3;1H4;1H;/q;;;;-1/p-1. The van der Waals surface area contributed by atoms with Crippen molar-refractivity contribution in [3.05, 3.63) is 0 Å². The van der Waals surface area contributed by atoms with Crippen LogP contribution in [0.4, 0.5) is 13.2 Å². The minimum Gasteiger partial charge on any atom is -1.00 e. The molecule has 0 saturated heterocycles. The Morgan fingerprint density at radius 2 is 1.00 bits per heavy atom. The number of halogens is 7. The van der Waals surface area contributed by atoms with Crippen LogP contribution >= 0.6 is 37.2 Å². The van der Waals surface area contributed by atoms with Crippen molar-refractivity contribution in [3.8, 4) is 0 Å². The summed E-state index contributed by atoms with van der Waals surface area (Å²) in [6, 6.07) is 0. The van der Waals surface area contributed by atoms with Gasteiger partial charge in [0.1, 0.15) is 11.6 Å². The Balaban J connectivity index is -0.0000000978. The zero-order valence-electron chi connectivity index (χ0n) is 15.0. The predicted molar refractivity (Wildman–Crippen MR) is 110 cm³/mol. The van der Waals surface area contributed by atoms with Crippen molar-refractivity contribution in [2.75, 3.05) is 0 Å². The van der Waals surface area contributed by atoms with Gasteiger partial charge in [0.2, 0.25) is 5.78 Å². The van der Waals surface area contributed by atoms with Gasteiger partial charge in [0.05, 0.1) is 12.8 Å². The van der Waals surface area contributed by atoms with Crippen LogP contribution in [-0.4, -0.2) is 35.7 Å². The van der Waals surface area contributed by atoms with E-state index in [9.17, 15) is 32.3 Å². The van der Waals surface area contributed by atoms with Crippen LogP contribution in [0.3, 0.4) is 0 Å². The Bertz CT molecular complexity index is 358. The van der Waals surface area contributed by atoms with Crippen LogP contribution in [0.1, 0.15) is 54.9 Å². The molecular formula is C16H27F4I3O4-2. The van der Waals surface area contributed by atoms with Crippen LogP contribution in [0, 0.1) is 11.8 Å².